The van der Waals surface area contributed by atoms with E-state index in [1.807, 2.05) is 17.0 Å². The van der Waals surface area contributed by atoms with Gasteiger partial charge in [-0.05, 0) is 52.9 Å². The maximum Gasteiger partial charge on any atom is 0.179 e. The van der Waals surface area contributed by atoms with E-state index in [1.165, 1.54) is 12.0 Å². The number of likely N-dealkylation sites (tertiary alicyclic amines) is 1. The number of ether oxygens (including phenoxy) is 1. The van der Waals surface area contributed by atoms with Crippen LogP contribution in [0, 0.1) is 11.5 Å². The molecule has 0 bridgehead atoms. The van der Waals surface area contributed by atoms with Crippen molar-refractivity contribution in [3.8, 4) is 11.9 Å². The van der Waals surface area contributed by atoms with Crippen molar-refractivity contribution in [2.24, 2.45) is 0 Å². The van der Waals surface area contributed by atoms with Crippen LogP contribution in [0.25, 0.3) is 0 Å². The molecule has 4 heteroatoms. The van der Waals surface area contributed by atoms with Crippen molar-refractivity contribution in [1.82, 2.24) is 4.90 Å². The lowest BCUT2D eigenvalue weighted by molar-refractivity contribution is 0.227. The van der Waals surface area contributed by atoms with Gasteiger partial charge in [0.2, 0.25) is 0 Å². The number of piperidine rings is 1. The van der Waals surface area contributed by atoms with Crippen LogP contribution in [-0.2, 0) is 0 Å². The minimum Gasteiger partial charge on any atom is -0.496 e. The average molecular weight is 295 g/mol. The third-order valence-corrected chi connectivity index (χ3v) is 3.81. The molecule has 0 radical (unpaired) electrons. The number of nitriles is 1. The zero-order chi connectivity index (χ0) is 12.3. The maximum atomic E-state index is 9.13. The molecule has 1 atom stereocenters. The van der Waals surface area contributed by atoms with E-state index in [1.54, 1.807) is 7.11 Å². The van der Waals surface area contributed by atoms with Crippen LogP contribution < -0.4 is 4.74 Å². The lowest BCUT2D eigenvalue weighted by atomic mass is 9.96. The van der Waals surface area contributed by atoms with E-state index in [0.717, 1.165) is 29.6 Å². The van der Waals surface area contributed by atoms with Gasteiger partial charge in [-0.25, -0.2) is 0 Å². The van der Waals surface area contributed by atoms with Gasteiger partial charge in [0.1, 0.15) is 5.75 Å². The monoisotopic (exact) mass is 294 g/mol. The summed E-state index contributed by atoms with van der Waals surface area (Å²) in [6.07, 6.45) is 5.63. The van der Waals surface area contributed by atoms with Gasteiger partial charge in [-0.15, -0.1) is 0 Å². The van der Waals surface area contributed by atoms with E-state index in [2.05, 4.69) is 28.2 Å². The molecule has 1 unspecified atom stereocenters. The number of halogens is 1. The van der Waals surface area contributed by atoms with E-state index in [9.17, 15) is 0 Å². The summed E-state index contributed by atoms with van der Waals surface area (Å²) in [6, 6.07) is 6.27. The third-order valence-electron chi connectivity index (χ3n) is 3.19. The molecule has 3 nitrogen and oxygen atoms in total. The Kier molecular flexibility index (Phi) is 3.90. The van der Waals surface area contributed by atoms with E-state index < -0.39 is 0 Å². The first kappa shape index (κ1) is 12.3. The molecule has 1 aromatic carbocycles. The molecule has 0 amide bonds. The highest BCUT2D eigenvalue weighted by Crippen LogP contribution is 2.34. The highest BCUT2D eigenvalue weighted by Gasteiger charge is 2.23. The molecule has 0 N–H and O–H groups in total. The van der Waals surface area contributed by atoms with Crippen LogP contribution in [-0.4, -0.2) is 18.6 Å². The van der Waals surface area contributed by atoms with E-state index in [0.29, 0.717) is 0 Å². The molecule has 0 spiro atoms. The lowest BCUT2D eigenvalue weighted by Gasteiger charge is -2.31. The Morgan fingerprint density at radius 2 is 2.29 bits per heavy atom. The molecule has 0 aromatic heterocycles. The van der Waals surface area contributed by atoms with E-state index in [-0.39, 0.29) is 6.04 Å². The fraction of sp³-hybridized carbons (Fsp3) is 0.462. The van der Waals surface area contributed by atoms with Crippen LogP contribution in [0.3, 0.4) is 0 Å². The first-order chi connectivity index (χ1) is 8.26. The van der Waals surface area contributed by atoms with Gasteiger partial charge in [0.15, 0.2) is 6.19 Å². The van der Waals surface area contributed by atoms with Crippen molar-refractivity contribution in [2.45, 2.75) is 25.3 Å². The van der Waals surface area contributed by atoms with Crippen LogP contribution in [0.1, 0.15) is 30.9 Å². The smallest absolute Gasteiger partial charge is 0.179 e. The molecular formula is C13H15BrN2O. The molecule has 2 rings (SSSR count). The topological polar surface area (TPSA) is 36.3 Å². The fourth-order valence-electron chi connectivity index (χ4n) is 2.29. The van der Waals surface area contributed by atoms with Gasteiger partial charge < -0.3 is 9.64 Å². The molecule has 1 fully saturated rings. The summed E-state index contributed by atoms with van der Waals surface area (Å²) < 4.78 is 6.16. The second-order valence-electron chi connectivity index (χ2n) is 4.20. The summed E-state index contributed by atoms with van der Waals surface area (Å²) >= 11 is 3.49. The Hall–Kier alpha value is -1.21. The van der Waals surface area contributed by atoms with Crippen molar-refractivity contribution in [3.63, 3.8) is 0 Å². The number of methoxy groups -OCH3 is 1. The standard InChI is InChI=1S/C13H15BrN2O/c1-17-13-6-5-10(8-11(13)14)12-4-2-3-7-16(12)9-15/h5-6,8,12H,2-4,7H2,1H3. The van der Waals surface area contributed by atoms with Crippen molar-refractivity contribution in [2.75, 3.05) is 13.7 Å². The highest BCUT2D eigenvalue weighted by molar-refractivity contribution is 9.10. The quantitative estimate of drug-likeness (QED) is 0.784. The van der Waals surface area contributed by atoms with Crippen LogP contribution in [0.5, 0.6) is 5.75 Å². The number of hydrogen-bond donors (Lipinski definition) is 0. The SMILES string of the molecule is COc1ccc(C2CCCCN2C#N)cc1Br. The van der Waals surface area contributed by atoms with E-state index in [4.69, 9.17) is 10.00 Å². The number of nitrogens with zero attached hydrogens (tertiary/aromatic N) is 2. The van der Waals surface area contributed by atoms with Gasteiger partial charge in [0.05, 0.1) is 17.6 Å². The predicted molar refractivity (Wildman–Crippen MR) is 69.6 cm³/mol. The summed E-state index contributed by atoms with van der Waals surface area (Å²) in [6.45, 7) is 0.866. The summed E-state index contributed by atoms with van der Waals surface area (Å²) in [5.41, 5.74) is 1.18. The molecule has 1 saturated heterocycles. The third kappa shape index (κ3) is 2.55. The van der Waals surface area contributed by atoms with Crippen LogP contribution >= 0.6 is 15.9 Å². The van der Waals surface area contributed by atoms with Crippen molar-refractivity contribution in [3.05, 3.63) is 28.2 Å². The zero-order valence-corrected chi connectivity index (χ0v) is 11.4. The molecule has 1 aliphatic heterocycles. The number of hydrogen-bond acceptors (Lipinski definition) is 3. The van der Waals surface area contributed by atoms with Gasteiger partial charge in [0.25, 0.3) is 0 Å². The van der Waals surface area contributed by atoms with Gasteiger partial charge >= 0.3 is 0 Å². The lowest BCUT2D eigenvalue weighted by Crippen LogP contribution is -2.29. The molecule has 0 saturated carbocycles. The largest absolute Gasteiger partial charge is 0.496 e. The summed E-state index contributed by atoms with van der Waals surface area (Å²) in [4.78, 5) is 1.87. The van der Waals surface area contributed by atoms with Crippen LogP contribution in [0.4, 0.5) is 0 Å². The van der Waals surface area contributed by atoms with E-state index >= 15 is 0 Å². The van der Waals surface area contributed by atoms with Gasteiger partial charge in [0, 0.05) is 6.54 Å². The van der Waals surface area contributed by atoms with Crippen molar-refractivity contribution in [1.29, 1.82) is 5.26 Å². The highest BCUT2D eigenvalue weighted by atomic mass is 79.9. The summed E-state index contributed by atoms with van der Waals surface area (Å²) in [7, 11) is 1.65. The Morgan fingerprint density at radius 1 is 1.47 bits per heavy atom. The van der Waals surface area contributed by atoms with Gasteiger partial charge in [-0.2, -0.15) is 5.26 Å². The molecular weight excluding hydrogens is 280 g/mol. The van der Waals surface area contributed by atoms with Crippen LogP contribution in [0.2, 0.25) is 0 Å². The summed E-state index contributed by atoms with van der Waals surface area (Å²) in [5.74, 6) is 0.827. The average Bonchev–Trinajstić information content (AvgIpc) is 2.38. The minimum absolute atomic E-state index is 0.218. The number of rotatable bonds is 2. The first-order valence-electron chi connectivity index (χ1n) is 5.76. The fourth-order valence-corrected chi connectivity index (χ4v) is 2.85. The number of benzene rings is 1. The molecule has 1 aromatic rings. The Bertz CT molecular complexity index is 442. The zero-order valence-electron chi connectivity index (χ0n) is 9.82. The Morgan fingerprint density at radius 3 is 2.94 bits per heavy atom. The second kappa shape index (κ2) is 5.42. The summed E-state index contributed by atoms with van der Waals surface area (Å²) in [5, 5.41) is 9.13. The van der Waals surface area contributed by atoms with Crippen molar-refractivity contribution >= 4 is 15.9 Å². The van der Waals surface area contributed by atoms with Crippen molar-refractivity contribution < 1.29 is 4.74 Å². The maximum absolute atomic E-state index is 9.13. The first-order valence-corrected chi connectivity index (χ1v) is 6.55. The molecule has 90 valence electrons. The molecule has 0 aliphatic carbocycles. The Labute approximate surface area is 110 Å². The second-order valence-corrected chi connectivity index (χ2v) is 5.05. The van der Waals surface area contributed by atoms with Gasteiger partial charge in [-0.3, -0.25) is 0 Å². The van der Waals surface area contributed by atoms with Crippen LogP contribution in [0.15, 0.2) is 22.7 Å². The minimum atomic E-state index is 0.218. The molecule has 1 aliphatic rings. The predicted octanol–water partition coefficient (Wildman–Crippen LogP) is 3.47. The molecule has 1 heterocycles. The normalized spacial score (nSPS) is 19.8. The van der Waals surface area contributed by atoms with Gasteiger partial charge in [-0.1, -0.05) is 6.07 Å². The Balaban J connectivity index is 2.27. The molecule has 17 heavy (non-hydrogen) atoms.